The number of piperazine rings is 1. The van der Waals surface area contributed by atoms with Gasteiger partial charge in [0.2, 0.25) is 5.91 Å². The number of ether oxygens (including phenoxy) is 1. The minimum atomic E-state index is -0.346. The number of amides is 2. The molecule has 2 fully saturated rings. The number of nitrogens with zero attached hydrogens (tertiary/aromatic N) is 3. The molecular weight excluding hydrogens is 378 g/mol. The molecule has 6 nitrogen and oxygen atoms in total. The van der Waals surface area contributed by atoms with Gasteiger partial charge in [-0.3, -0.25) is 9.59 Å². The van der Waals surface area contributed by atoms with Gasteiger partial charge in [-0.25, -0.2) is 0 Å². The van der Waals surface area contributed by atoms with Gasteiger partial charge in [0.1, 0.15) is 11.8 Å². The summed E-state index contributed by atoms with van der Waals surface area (Å²) in [5, 5.41) is 0. The Labute approximate surface area is 178 Å². The summed E-state index contributed by atoms with van der Waals surface area (Å²) in [5.41, 5.74) is 2.57. The van der Waals surface area contributed by atoms with Gasteiger partial charge in [-0.1, -0.05) is 24.3 Å². The van der Waals surface area contributed by atoms with Crippen molar-refractivity contribution in [1.82, 2.24) is 14.7 Å². The maximum absolute atomic E-state index is 13.3. The smallest absolute Gasteiger partial charge is 0.254 e. The molecular formula is C24H29N3O3. The summed E-state index contributed by atoms with van der Waals surface area (Å²) in [6.07, 6.45) is 1.61. The molecule has 2 aromatic carbocycles. The van der Waals surface area contributed by atoms with E-state index in [1.807, 2.05) is 53.4 Å². The van der Waals surface area contributed by atoms with Crippen molar-refractivity contribution in [2.45, 2.75) is 18.9 Å². The first-order valence-corrected chi connectivity index (χ1v) is 10.6. The first-order chi connectivity index (χ1) is 14.6. The van der Waals surface area contributed by atoms with Crippen molar-refractivity contribution >= 4 is 11.8 Å². The molecule has 0 saturated carbocycles. The van der Waals surface area contributed by atoms with Crippen molar-refractivity contribution in [3.8, 4) is 16.9 Å². The summed E-state index contributed by atoms with van der Waals surface area (Å²) in [4.78, 5) is 32.4. The standard InChI is InChI=1S/C24H29N3O3/c1-25-12-14-26(15-13-25)24(29)22-10-5-11-27(22)23(28)20-8-3-6-18(16-20)19-7-4-9-21(17-19)30-2/h3-4,6-9,16-17,22H,5,10-15H2,1-2H3. The minimum Gasteiger partial charge on any atom is -0.497 e. The number of likely N-dealkylation sites (tertiary alicyclic amines) is 1. The Morgan fingerprint density at radius 2 is 1.63 bits per heavy atom. The number of rotatable bonds is 4. The van der Waals surface area contributed by atoms with Crippen molar-refractivity contribution in [2.24, 2.45) is 0 Å². The summed E-state index contributed by atoms with van der Waals surface area (Å²) < 4.78 is 5.32. The van der Waals surface area contributed by atoms with E-state index in [9.17, 15) is 9.59 Å². The molecule has 0 bridgehead atoms. The van der Waals surface area contributed by atoms with E-state index in [-0.39, 0.29) is 17.9 Å². The fourth-order valence-electron chi connectivity index (χ4n) is 4.30. The second-order valence-electron chi connectivity index (χ2n) is 8.10. The fourth-order valence-corrected chi connectivity index (χ4v) is 4.30. The Morgan fingerprint density at radius 3 is 2.37 bits per heavy atom. The van der Waals surface area contributed by atoms with Gasteiger partial charge in [-0.2, -0.15) is 0 Å². The quantitative estimate of drug-likeness (QED) is 0.782. The van der Waals surface area contributed by atoms with E-state index in [0.29, 0.717) is 12.1 Å². The van der Waals surface area contributed by atoms with Crippen LogP contribution in [0.3, 0.4) is 0 Å². The molecule has 30 heavy (non-hydrogen) atoms. The van der Waals surface area contributed by atoms with E-state index in [2.05, 4.69) is 11.9 Å². The van der Waals surface area contributed by atoms with Gasteiger partial charge in [0.25, 0.3) is 5.91 Å². The van der Waals surface area contributed by atoms with Crippen LogP contribution in [0.5, 0.6) is 5.75 Å². The van der Waals surface area contributed by atoms with Crippen LogP contribution in [0.15, 0.2) is 48.5 Å². The van der Waals surface area contributed by atoms with E-state index >= 15 is 0 Å². The zero-order valence-electron chi connectivity index (χ0n) is 17.7. The van der Waals surface area contributed by atoms with Crippen molar-refractivity contribution in [3.05, 3.63) is 54.1 Å². The monoisotopic (exact) mass is 407 g/mol. The van der Waals surface area contributed by atoms with Crippen LogP contribution in [0.2, 0.25) is 0 Å². The molecule has 2 amide bonds. The lowest BCUT2D eigenvalue weighted by Crippen LogP contribution is -2.53. The number of hydrogen-bond acceptors (Lipinski definition) is 4. The van der Waals surface area contributed by atoms with Gasteiger partial charge in [0.15, 0.2) is 0 Å². The van der Waals surface area contributed by atoms with Crippen molar-refractivity contribution in [2.75, 3.05) is 46.9 Å². The van der Waals surface area contributed by atoms with E-state index in [0.717, 1.165) is 55.9 Å². The van der Waals surface area contributed by atoms with Crippen LogP contribution in [0, 0.1) is 0 Å². The Hall–Kier alpha value is -2.86. The van der Waals surface area contributed by atoms with Gasteiger partial charge in [0.05, 0.1) is 7.11 Å². The highest BCUT2D eigenvalue weighted by Crippen LogP contribution is 2.27. The molecule has 0 aromatic heterocycles. The Balaban J connectivity index is 1.52. The van der Waals surface area contributed by atoms with Crippen molar-refractivity contribution in [3.63, 3.8) is 0 Å². The molecule has 4 rings (SSSR count). The number of carbonyl (C=O) groups excluding carboxylic acids is 2. The highest BCUT2D eigenvalue weighted by molar-refractivity contribution is 5.99. The van der Waals surface area contributed by atoms with Gasteiger partial charge in [0, 0.05) is 38.3 Å². The van der Waals surface area contributed by atoms with Crippen LogP contribution in [0.1, 0.15) is 23.2 Å². The predicted molar refractivity (Wildman–Crippen MR) is 117 cm³/mol. The van der Waals surface area contributed by atoms with Gasteiger partial charge in [-0.05, 0) is 55.3 Å². The molecule has 2 saturated heterocycles. The number of benzene rings is 2. The molecule has 2 aromatic rings. The molecule has 1 atom stereocenters. The third kappa shape index (κ3) is 4.19. The molecule has 158 valence electrons. The van der Waals surface area contributed by atoms with Crippen LogP contribution in [0.4, 0.5) is 0 Å². The molecule has 0 N–H and O–H groups in total. The SMILES string of the molecule is COc1cccc(-c2cccc(C(=O)N3CCCC3C(=O)N3CCN(C)CC3)c2)c1. The Kier molecular flexibility index (Phi) is 6.04. The number of methoxy groups -OCH3 is 1. The largest absolute Gasteiger partial charge is 0.497 e. The summed E-state index contributed by atoms with van der Waals surface area (Å²) in [7, 11) is 3.71. The highest BCUT2D eigenvalue weighted by atomic mass is 16.5. The summed E-state index contributed by atoms with van der Waals surface area (Å²) >= 11 is 0. The third-order valence-electron chi connectivity index (χ3n) is 6.13. The molecule has 2 heterocycles. The Morgan fingerprint density at radius 1 is 0.933 bits per heavy atom. The average molecular weight is 408 g/mol. The normalized spacial score (nSPS) is 19.7. The zero-order valence-corrected chi connectivity index (χ0v) is 17.7. The van der Waals surface area contributed by atoms with Gasteiger partial charge >= 0.3 is 0 Å². The van der Waals surface area contributed by atoms with Crippen molar-refractivity contribution < 1.29 is 14.3 Å². The molecule has 6 heteroatoms. The average Bonchev–Trinajstić information content (AvgIpc) is 3.28. The fraction of sp³-hybridized carbons (Fsp3) is 0.417. The number of carbonyl (C=O) groups is 2. The number of likely N-dealkylation sites (N-methyl/N-ethyl adjacent to an activating group) is 1. The number of hydrogen-bond donors (Lipinski definition) is 0. The zero-order chi connectivity index (χ0) is 21.1. The maximum atomic E-state index is 13.3. The summed E-state index contributed by atoms with van der Waals surface area (Å²) in [6, 6.07) is 15.1. The van der Waals surface area contributed by atoms with E-state index in [4.69, 9.17) is 4.74 Å². The van der Waals surface area contributed by atoms with E-state index < -0.39 is 0 Å². The van der Waals surface area contributed by atoms with Crippen LogP contribution >= 0.6 is 0 Å². The van der Waals surface area contributed by atoms with Crippen LogP contribution in [-0.4, -0.2) is 79.4 Å². The first-order valence-electron chi connectivity index (χ1n) is 10.6. The lowest BCUT2D eigenvalue weighted by Gasteiger charge is -2.35. The topological polar surface area (TPSA) is 53.1 Å². The molecule has 0 aliphatic carbocycles. The van der Waals surface area contributed by atoms with Gasteiger partial charge in [-0.15, -0.1) is 0 Å². The summed E-state index contributed by atoms with van der Waals surface area (Å²) in [6.45, 7) is 3.87. The van der Waals surface area contributed by atoms with Crippen molar-refractivity contribution in [1.29, 1.82) is 0 Å². The molecule has 2 aliphatic heterocycles. The molecule has 0 radical (unpaired) electrons. The lowest BCUT2D eigenvalue weighted by atomic mass is 10.0. The van der Waals surface area contributed by atoms with Crippen LogP contribution in [0.25, 0.3) is 11.1 Å². The molecule has 1 unspecified atom stereocenters. The Bertz CT molecular complexity index is 921. The summed E-state index contributed by atoms with van der Waals surface area (Å²) in [5.74, 6) is 0.809. The third-order valence-corrected chi connectivity index (χ3v) is 6.13. The van der Waals surface area contributed by atoms with E-state index in [1.54, 1.807) is 12.0 Å². The second kappa shape index (κ2) is 8.88. The minimum absolute atomic E-state index is 0.0651. The maximum Gasteiger partial charge on any atom is 0.254 e. The predicted octanol–water partition coefficient (Wildman–Crippen LogP) is 2.74. The highest BCUT2D eigenvalue weighted by Gasteiger charge is 2.37. The first kappa shape index (κ1) is 20.4. The second-order valence-corrected chi connectivity index (χ2v) is 8.10. The van der Waals surface area contributed by atoms with Crippen LogP contribution < -0.4 is 4.74 Å². The molecule has 2 aliphatic rings. The van der Waals surface area contributed by atoms with Crippen LogP contribution in [-0.2, 0) is 4.79 Å². The van der Waals surface area contributed by atoms with E-state index in [1.165, 1.54) is 0 Å². The lowest BCUT2D eigenvalue weighted by molar-refractivity contribution is -0.136. The van der Waals surface area contributed by atoms with Gasteiger partial charge < -0.3 is 19.4 Å². The molecule has 0 spiro atoms.